The van der Waals surface area contributed by atoms with Gasteiger partial charge in [-0.2, -0.15) is 0 Å². The second-order valence-electron chi connectivity index (χ2n) is 5.06. The zero-order valence-corrected chi connectivity index (χ0v) is 11.5. The summed E-state index contributed by atoms with van der Waals surface area (Å²) in [4.78, 5) is 7.14. The molecule has 4 heteroatoms. The van der Waals surface area contributed by atoms with Crippen LogP contribution >= 0.6 is 11.3 Å². The summed E-state index contributed by atoms with van der Waals surface area (Å²) < 4.78 is 1.20. The molecule has 0 atom stereocenters. The molecule has 0 aliphatic carbocycles. The SMILES string of the molecule is CCC1CCN(c2nc3ccc(N)cc3s2)CC1. The van der Waals surface area contributed by atoms with E-state index in [1.165, 1.54) is 24.0 Å². The number of nitrogens with two attached hydrogens (primary N) is 1. The van der Waals surface area contributed by atoms with Crippen molar-refractivity contribution in [2.24, 2.45) is 5.92 Å². The Morgan fingerprint density at radius 1 is 1.39 bits per heavy atom. The van der Waals surface area contributed by atoms with Gasteiger partial charge in [0, 0.05) is 18.8 Å². The molecule has 2 aromatic rings. The van der Waals surface area contributed by atoms with Gasteiger partial charge in [-0.15, -0.1) is 0 Å². The Morgan fingerprint density at radius 2 is 2.17 bits per heavy atom. The summed E-state index contributed by atoms with van der Waals surface area (Å²) in [6.07, 6.45) is 3.91. The van der Waals surface area contributed by atoms with Crippen LogP contribution in [0, 0.1) is 5.92 Å². The maximum absolute atomic E-state index is 5.81. The van der Waals surface area contributed by atoms with E-state index in [0.29, 0.717) is 0 Å². The van der Waals surface area contributed by atoms with Crippen molar-refractivity contribution in [1.82, 2.24) is 4.98 Å². The second kappa shape index (κ2) is 4.76. The number of thiazole rings is 1. The molecule has 1 aliphatic heterocycles. The van der Waals surface area contributed by atoms with Crippen LogP contribution in [0.5, 0.6) is 0 Å². The van der Waals surface area contributed by atoms with Gasteiger partial charge < -0.3 is 10.6 Å². The third kappa shape index (κ3) is 2.17. The molecular formula is C14H19N3S. The summed E-state index contributed by atoms with van der Waals surface area (Å²) in [5.41, 5.74) is 7.71. The normalized spacial score (nSPS) is 17.5. The van der Waals surface area contributed by atoms with Crippen LogP contribution in [0.1, 0.15) is 26.2 Å². The number of hydrogen-bond acceptors (Lipinski definition) is 4. The number of benzene rings is 1. The number of nitrogens with zero attached hydrogens (tertiary/aromatic N) is 2. The van der Waals surface area contributed by atoms with Crippen LogP contribution in [0.4, 0.5) is 10.8 Å². The standard InChI is InChI=1S/C14H19N3S/c1-2-10-5-7-17(8-6-10)14-16-12-4-3-11(15)9-13(12)18-14/h3-4,9-10H,2,5-8,15H2,1H3. The van der Waals surface area contributed by atoms with E-state index < -0.39 is 0 Å². The molecule has 2 heterocycles. The number of hydrogen-bond donors (Lipinski definition) is 1. The molecule has 1 fully saturated rings. The van der Waals surface area contributed by atoms with E-state index in [1.54, 1.807) is 11.3 Å². The lowest BCUT2D eigenvalue weighted by Gasteiger charge is -2.31. The molecule has 0 radical (unpaired) electrons. The molecule has 3 nitrogen and oxygen atoms in total. The lowest BCUT2D eigenvalue weighted by Crippen LogP contribution is -2.33. The van der Waals surface area contributed by atoms with Gasteiger partial charge in [0.05, 0.1) is 10.2 Å². The summed E-state index contributed by atoms with van der Waals surface area (Å²) in [5, 5.41) is 1.16. The molecule has 1 aliphatic rings. The summed E-state index contributed by atoms with van der Waals surface area (Å²) in [7, 11) is 0. The van der Waals surface area contributed by atoms with Crippen LogP contribution in [0.25, 0.3) is 10.2 Å². The fraction of sp³-hybridized carbons (Fsp3) is 0.500. The smallest absolute Gasteiger partial charge is 0.186 e. The van der Waals surface area contributed by atoms with Crippen molar-refractivity contribution in [3.63, 3.8) is 0 Å². The minimum atomic E-state index is 0.822. The first-order valence-corrected chi connectivity index (χ1v) is 7.49. The maximum atomic E-state index is 5.81. The first-order valence-electron chi connectivity index (χ1n) is 6.67. The van der Waals surface area contributed by atoms with Gasteiger partial charge in [0.25, 0.3) is 0 Å². The highest BCUT2D eigenvalue weighted by atomic mass is 32.1. The summed E-state index contributed by atoms with van der Waals surface area (Å²) in [6, 6.07) is 5.97. The number of anilines is 2. The highest BCUT2D eigenvalue weighted by molar-refractivity contribution is 7.22. The van der Waals surface area contributed by atoms with Crippen LogP contribution in [0.3, 0.4) is 0 Å². The van der Waals surface area contributed by atoms with E-state index in [4.69, 9.17) is 10.7 Å². The zero-order chi connectivity index (χ0) is 12.5. The number of rotatable bonds is 2. The van der Waals surface area contributed by atoms with Crippen molar-refractivity contribution in [2.75, 3.05) is 23.7 Å². The van der Waals surface area contributed by atoms with Crippen LogP contribution in [0.15, 0.2) is 18.2 Å². The Balaban J connectivity index is 1.82. The Hall–Kier alpha value is -1.29. The van der Waals surface area contributed by atoms with E-state index in [0.717, 1.165) is 35.3 Å². The number of nitrogen functional groups attached to an aromatic ring is 1. The highest BCUT2D eigenvalue weighted by Gasteiger charge is 2.20. The molecule has 1 aromatic heterocycles. The lowest BCUT2D eigenvalue weighted by atomic mass is 9.95. The van der Waals surface area contributed by atoms with Gasteiger partial charge in [-0.25, -0.2) is 4.98 Å². The fourth-order valence-corrected chi connectivity index (χ4v) is 3.66. The third-order valence-corrected chi connectivity index (χ3v) is 4.94. The molecule has 0 spiro atoms. The van der Waals surface area contributed by atoms with Crippen molar-refractivity contribution < 1.29 is 0 Å². The van der Waals surface area contributed by atoms with Crippen molar-refractivity contribution in [3.05, 3.63) is 18.2 Å². The Morgan fingerprint density at radius 3 is 2.89 bits per heavy atom. The molecule has 2 N–H and O–H groups in total. The van der Waals surface area contributed by atoms with Gasteiger partial charge in [0.2, 0.25) is 0 Å². The van der Waals surface area contributed by atoms with Crippen molar-refractivity contribution in [1.29, 1.82) is 0 Å². The maximum Gasteiger partial charge on any atom is 0.186 e. The molecule has 0 saturated carbocycles. The van der Waals surface area contributed by atoms with E-state index in [9.17, 15) is 0 Å². The minimum Gasteiger partial charge on any atom is -0.399 e. The van der Waals surface area contributed by atoms with Crippen LogP contribution in [-0.2, 0) is 0 Å². The molecule has 96 valence electrons. The molecule has 0 amide bonds. The first kappa shape index (κ1) is 11.8. The lowest BCUT2D eigenvalue weighted by molar-refractivity contribution is 0.395. The number of piperidine rings is 1. The molecular weight excluding hydrogens is 242 g/mol. The van der Waals surface area contributed by atoms with Crippen LogP contribution < -0.4 is 10.6 Å². The summed E-state index contributed by atoms with van der Waals surface area (Å²) >= 11 is 1.76. The van der Waals surface area contributed by atoms with E-state index in [1.807, 2.05) is 18.2 Å². The monoisotopic (exact) mass is 261 g/mol. The first-order chi connectivity index (χ1) is 8.76. The van der Waals surface area contributed by atoms with Crippen LogP contribution in [0.2, 0.25) is 0 Å². The van der Waals surface area contributed by atoms with Crippen molar-refractivity contribution >= 4 is 32.4 Å². The predicted molar refractivity (Wildman–Crippen MR) is 79.3 cm³/mol. The topological polar surface area (TPSA) is 42.2 Å². The van der Waals surface area contributed by atoms with E-state index >= 15 is 0 Å². The van der Waals surface area contributed by atoms with E-state index in [-0.39, 0.29) is 0 Å². The third-order valence-electron chi connectivity index (χ3n) is 3.86. The average molecular weight is 261 g/mol. The van der Waals surface area contributed by atoms with E-state index in [2.05, 4.69) is 11.8 Å². The summed E-state index contributed by atoms with van der Waals surface area (Å²) in [5.74, 6) is 0.909. The van der Waals surface area contributed by atoms with Gasteiger partial charge in [-0.3, -0.25) is 0 Å². The molecule has 1 saturated heterocycles. The largest absolute Gasteiger partial charge is 0.399 e. The molecule has 1 aromatic carbocycles. The predicted octanol–water partition coefficient (Wildman–Crippen LogP) is 3.50. The van der Waals surface area contributed by atoms with Gasteiger partial charge in [-0.05, 0) is 37.0 Å². The minimum absolute atomic E-state index is 0.822. The zero-order valence-electron chi connectivity index (χ0n) is 10.7. The quantitative estimate of drug-likeness (QED) is 0.841. The molecule has 0 unspecified atom stereocenters. The van der Waals surface area contributed by atoms with Gasteiger partial charge in [-0.1, -0.05) is 24.7 Å². The summed E-state index contributed by atoms with van der Waals surface area (Å²) in [6.45, 7) is 4.59. The molecule has 0 bridgehead atoms. The highest BCUT2D eigenvalue weighted by Crippen LogP contribution is 2.32. The van der Waals surface area contributed by atoms with Crippen molar-refractivity contribution in [3.8, 4) is 0 Å². The van der Waals surface area contributed by atoms with Crippen molar-refractivity contribution in [2.45, 2.75) is 26.2 Å². The molecule has 18 heavy (non-hydrogen) atoms. The van der Waals surface area contributed by atoms with Crippen LogP contribution in [-0.4, -0.2) is 18.1 Å². The Kier molecular flexibility index (Phi) is 3.12. The Labute approximate surface area is 112 Å². The number of fused-ring (bicyclic) bond motifs is 1. The second-order valence-corrected chi connectivity index (χ2v) is 6.07. The average Bonchev–Trinajstić information content (AvgIpc) is 2.81. The molecule has 3 rings (SSSR count). The Bertz CT molecular complexity index is 541. The van der Waals surface area contributed by atoms with Gasteiger partial charge in [0.1, 0.15) is 0 Å². The number of aromatic nitrogens is 1. The van der Waals surface area contributed by atoms with Gasteiger partial charge >= 0.3 is 0 Å². The van der Waals surface area contributed by atoms with Gasteiger partial charge in [0.15, 0.2) is 5.13 Å². The fourth-order valence-electron chi connectivity index (χ4n) is 2.60.